The molecule has 1 aromatic carbocycles. The van der Waals surface area contributed by atoms with Crippen molar-refractivity contribution < 1.29 is 4.79 Å². The first-order chi connectivity index (χ1) is 8.68. The summed E-state index contributed by atoms with van der Waals surface area (Å²) in [6, 6.07) is 6.08. The Morgan fingerprint density at radius 2 is 1.72 bits per heavy atom. The second-order valence-electron chi connectivity index (χ2n) is 5.34. The molecule has 18 heavy (non-hydrogen) atoms. The fraction of sp³-hybridized carbons (Fsp3) is 0.562. The number of nitrogens with zero attached hydrogens (tertiary/aromatic N) is 1. The van der Waals surface area contributed by atoms with Gasteiger partial charge in [0, 0.05) is 18.5 Å². The van der Waals surface area contributed by atoms with E-state index in [4.69, 9.17) is 0 Å². The van der Waals surface area contributed by atoms with Gasteiger partial charge in [-0.2, -0.15) is 0 Å². The number of aryl methyl sites for hydroxylation is 2. The third kappa shape index (κ3) is 3.20. The highest BCUT2D eigenvalue weighted by Crippen LogP contribution is 2.16. The van der Waals surface area contributed by atoms with Gasteiger partial charge in [0.2, 0.25) is 0 Å². The normalized spacial score (nSPS) is 16.8. The molecule has 0 radical (unpaired) electrons. The number of likely N-dealkylation sites (tertiary alicyclic amines) is 1. The fourth-order valence-electron chi connectivity index (χ4n) is 2.82. The van der Waals surface area contributed by atoms with Crippen molar-refractivity contribution in [3.63, 3.8) is 0 Å². The zero-order valence-corrected chi connectivity index (χ0v) is 11.5. The topological polar surface area (TPSA) is 20.3 Å². The average Bonchev–Trinajstić information content (AvgIpc) is 2.37. The van der Waals surface area contributed by atoms with Crippen LogP contribution in [-0.4, -0.2) is 30.3 Å². The molecule has 0 spiro atoms. The van der Waals surface area contributed by atoms with Gasteiger partial charge in [-0.3, -0.25) is 4.79 Å². The molecule has 0 amide bonds. The van der Waals surface area contributed by atoms with Gasteiger partial charge in [0.05, 0.1) is 0 Å². The summed E-state index contributed by atoms with van der Waals surface area (Å²) in [4.78, 5) is 14.7. The van der Waals surface area contributed by atoms with Crippen LogP contribution < -0.4 is 0 Å². The van der Waals surface area contributed by atoms with Gasteiger partial charge in [0.15, 0.2) is 5.78 Å². The van der Waals surface area contributed by atoms with E-state index in [-0.39, 0.29) is 0 Å². The Bertz CT molecular complexity index is 399. The predicted molar refractivity (Wildman–Crippen MR) is 75.2 cm³/mol. The maximum absolute atomic E-state index is 12.3. The number of benzene rings is 1. The average molecular weight is 245 g/mol. The molecule has 0 aliphatic carbocycles. The van der Waals surface area contributed by atoms with Crippen molar-refractivity contribution in [2.24, 2.45) is 0 Å². The molecular weight excluding hydrogens is 222 g/mol. The molecule has 98 valence electrons. The molecular formula is C16H23NO. The summed E-state index contributed by atoms with van der Waals surface area (Å²) in [6.07, 6.45) is 4.59. The number of piperidine rings is 1. The molecule has 1 aliphatic heterocycles. The van der Waals surface area contributed by atoms with Crippen molar-refractivity contribution in [1.82, 2.24) is 4.90 Å². The molecule has 1 saturated heterocycles. The molecule has 0 atom stereocenters. The van der Waals surface area contributed by atoms with Gasteiger partial charge >= 0.3 is 0 Å². The molecule has 0 aromatic heterocycles. The van der Waals surface area contributed by atoms with Crippen molar-refractivity contribution >= 4 is 5.78 Å². The second-order valence-corrected chi connectivity index (χ2v) is 5.34. The molecule has 2 heteroatoms. The van der Waals surface area contributed by atoms with Crippen LogP contribution in [-0.2, 0) is 0 Å². The molecule has 0 saturated carbocycles. The summed E-state index contributed by atoms with van der Waals surface area (Å²) >= 11 is 0. The third-order valence-corrected chi connectivity index (χ3v) is 3.86. The SMILES string of the molecule is Cc1cccc(C)c1C(=O)CCN1CCCCC1. The zero-order chi connectivity index (χ0) is 13.0. The van der Waals surface area contributed by atoms with Crippen molar-refractivity contribution in [3.8, 4) is 0 Å². The molecule has 1 aliphatic rings. The van der Waals surface area contributed by atoms with E-state index < -0.39 is 0 Å². The molecule has 0 N–H and O–H groups in total. The Kier molecular flexibility index (Phi) is 4.54. The van der Waals surface area contributed by atoms with E-state index in [1.807, 2.05) is 32.0 Å². The smallest absolute Gasteiger partial charge is 0.164 e. The van der Waals surface area contributed by atoms with Crippen molar-refractivity contribution in [3.05, 3.63) is 34.9 Å². The Morgan fingerprint density at radius 1 is 1.11 bits per heavy atom. The molecule has 1 heterocycles. The number of hydrogen-bond acceptors (Lipinski definition) is 2. The second kappa shape index (κ2) is 6.14. The fourth-order valence-corrected chi connectivity index (χ4v) is 2.82. The molecule has 0 bridgehead atoms. The minimum absolute atomic E-state index is 0.302. The van der Waals surface area contributed by atoms with Gasteiger partial charge in [-0.15, -0.1) is 0 Å². The lowest BCUT2D eigenvalue weighted by atomic mass is 9.97. The zero-order valence-electron chi connectivity index (χ0n) is 11.5. The van der Waals surface area contributed by atoms with E-state index in [2.05, 4.69) is 4.90 Å². The highest BCUT2D eigenvalue weighted by molar-refractivity contribution is 5.98. The van der Waals surface area contributed by atoms with Crippen LogP contribution in [0.4, 0.5) is 0 Å². The van der Waals surface area contributed by atoms with Gasteiger partial charge in [0.25, 0.3) is 0 Å². The van der Waals surface area contributed by atoms with Gasteiger partial charge in [-0.25, -0.2) is 0 Å². The van der Waals surface area contributed by atoms with Gasteiger partial charge in [-0.05, 0) is 50.9 Å². The van der Waals surface area contributed by atoms with Crippen LogP contribution in [0.15, 0.2) is 18.2 Å². The lowest BCUT2D eigenvalue weighted by molar-refractivity contribution is 0.0957. The number of carbonyl (C=O) groups excluding carboxylic acids is 1. The van der Waals surface area contributed by atoms with Crippen LogP contribution in [0.1, 0.15) is 47.2 Å². The summed E-state index contributed by atoms with van der Waals surface area (Å²) in [5.41, 5.74) is 3.16. The van der Waals surface area contributed by atoms with Crippen LogP contribution in [0.25, 0.3) is 0 Å². The maximum Gasteiger partial charge on any atom is 0.164 e. The van der Waals surface area contributed by atoms with Crippen molar-refractivity contribution in [2.45, 2.75) is 39.5 Å². The van der Waals surface area contributed by atoms with Crippen molar-refractivity contribution in [1.29, 1.82) is 0 Å². The number of ketones is 1. The van der Waals surface area contributed by atoms with E-state index >= 15 is 0 Å². The van der Waals surface area contributed by atoms with Gasteiger partial charge in [-0.1, -0.05) is 24.6 Å². The quantitative estimate of drug-likeness (QED) is 0.758. The monoisotopic (exact) mass is 245 g/mol. The van der Waals surface area contributed by atoms with E-state index in [1.54, 1.807) is 0 Å². The highest BCUT2D eigenvalue weighted by Gasteiger charge is 2.15. The minimum atomic E-state index is 0.302. The first-order valence-corrected chi connectivity index (χ1v) is 7.00. The first-order valence-electron chi connectivity index (χ1n) is 7.00. The van der Waals surface area contributed by atoms with Crippen LogP contribution >= 0.6 is 0 Å². The Balaban J connectivity index is 1.95. The number of Topliss-reactive ketones (excluding diaryl/α,β-unsaturated/α-hetero) is 1. The molecule has 1 fully saturated rings. The summed E-state index contributed by atoms with van der Waals surface area (Å²) < 4.78 is 0. The van der Waals surface area contributed by atoms with Crippen molar-refractivity contribution in [2.75, 3.05) is 19.6 Å². The van der Waals surface area contributed by atoms with Crippen LogP contribution in [0.2, 0.25) is 0 Å². The molecule has 1 aromatic rings. The Morgan fingerprint density at radius 3 is 2.33 bits per heavy atom. The van der Waals surface area contributed by atoms with Gasteiger partial charge < -0.3 is 4.90 Å². The third-order valence-electron chi connectivity index (χ3n) is 3.86. The lowest BCUT2D eigenvalue weighted by Gasteiger charge is -2.26. The van der Waals surface area contributed by atoms with Gasteiger partial charge in [0.1, 0.15) is 0 Å². The lowest BCUT2D eigenvalue weighted by Crippen LogP contribution is -2.31. The van der Waals surface area contributed by atoms with E-state index in [1.165, 1.54) is 32.4 Å². The Hall–Kier alpha value is -1.15. The minimum Gasteiger partial charge on any atom is -0.303 e. The maximum atomic E-state index is 12.3. The highest BCUT2D eigenvalue weighted by atomic mass is 16.1. The number of rotatable bonds is 4. The Labute approximate surface area is 110 Å². The largest absolute Gasteiger partial charge is 0.303 e. The summed E-state index contributed by atoms with van der Waals surface area (Å²) in [6.45, 7) is 7.31. The standard InChI is InChI=1S/C16H23NO/c1-13-7-6-8-14(2)16(13)15(18)9-12-17-10-4-3-5-11-17/h6-8H,3-5,9-12H2,1-2H3. The summed E-state index contributed by atoms with van der Waals surface area (Å²) in [7, 11) is 0. The number of hydrogen-bond donors (Lipinski definition) is 0. The molecule has 2 nitrogen and oxygen atoms in total. The predicted octanol–water partition coefficient (Wildman–Crippen LogP) is 3.36. The summed E-state index contributed by atoms with van der Waals surface area (Å²) in [5, 5.41) is 0. The molecule has 0 unspecified atom stereocenters. The van der Waals surface area contributed by atoms with Crippen LogP contribution in [0.5, 0.6) is 0 Å². The van der Waals surface area contributed by atoms with E-state index in [9.17, 15) is 4.79 Å². The number of carbonyl (C=O) groups is 1. The van der Waals surface area contributed by atoms with Crippen LogP contribution in [0, 0.1) is 13.8 Å². The summed E-state index contributed by atoms with van der Waals surface area (Å²) in [5.74, 6) is 0.302. The molecule has 2 rings (SSSR count). The van der Waals surface area contributed by atoms with E-state index in [0.29, 0.717) is 12.2 Å². The first kappa shape index (κ1) is 13.3. The van der Waals surface area contributed by atoms with Crippen LogP contribution in [0.3, 0.4) is 0 Å². The van der Waals surface area contributed by atoms with E-state index in [0.717, 1.165) is 23.2 Å².